The quantitative estimate of drug-likeness (QED) is 0.267. The number of unbranched alkanes of at least 4 members (excludes halogenated alkanes) is 1. The molecule has 0 heterocycles. The Morgan fingerprint density at radius 3 is 2.31 bits per heavy atom. The standard InChI is InChI=1S/C10H20O5Si/c1-5-10(11)14-8-6-7-9-15-16(4,12-2)13-3/h5H,1,6-9H2,2-4H3. The molecular formula is C10H20O5Si. The first-order valence-electron chi connectivity index (χ1n) is 5.11. The van der Waals surface area contributed by atoms with Crippen LogP contribution in [0.1, 0.15) is 12.8 Å². The summed E-state index contributed by atoms with van der Waals surface area (Å²) in [6, 6.07) is 0. The van der Waals surface area contributed by atoms with Gasteiger partial charge in [-0.05, 0) is 12.8 Å². The fraction of sp³-hybridized carbons (Fsp3) is 0.700. The van der Waals surface area contributed by atoms with Crippen molar-refractivity contribution in [1.29, 1.82) is 0 Å². The molecule has 0 atom stereocenters. The molecule has 5 nitrogen and oxygen atoms in total. The summed E-state index contributed by atoms with van der Waals surface area (Å²) in [5, 5.41) is 0. The predicted molar refractivity (Wildman–Crippen MR) is 62.0 cm³/mol. The van der Waals surface area contributed by atoms with Gasteiger partial charge in [0.05, 0.1) is 6.61 Å². The van der Waals surface area contributed by atoms with Crippen molar-refractivity contribution in [2.24, 2.45) is 0 Å². The molecule has 0 aliphatic rings. The minimum absolute atomic E-state index is 0.381. The Bertz CT molecular complexity index is 215. The average molecular weight is 248 g/mol. The highest BCUT2D eigenvalue weighted by Crippen LogP contribution is 2.07. The van der Waals surface area contributed by atoms with Crippen LogP contribution in [0.25, 0.3) is 0 Å². The molecule has 94 valence electrons. The largest absolute Gasteiger partial charge is 0.497 e. The summed E-state index contributed by atoms with van der Waals surface area (Å²) in [6.07, 6.45) is 2.69. The minimum atomic E-state index is -2.41. The van der Waals surface area contributed by atoms with E-state index in [9.17, 15) is 4.79 Å². The third-order valence-corrected chi connectivity index (χ3v) is 4.27. The van der Waals surface area contributed by atoms with Gasteiger partial charge in [-0.2, -0.15) is 0 Å². The lowest BCUT2D eigenvalue weighted by Crippen LogP contribution is -2.40. The second kappa shape index (κ2) is 8.46. The summed E-state index contributed by atoms with van der Waals surface area (Å²) in [5.74, 6) is -0.395. The molecule has 0 aromatic carbocycles. The lowest BCUT2D eigenvalue weighted by Gasteiger charge is -2.21. The molecule has 6 heteroatoms. The zero-order chi connectivity index (χ0) is 12.4. The van der Waals surface area contributed by atoms with Crippen molar-refractivity contribution in [3.05, 3.63) is 12.7 Å². The lowest BCUT2D eigenvalue weighted by atomic mass is 10.3. The minimum Gasteiger partial charge on any atom is -0.463 e. The number of rotatable bonds is 9. The summed E-state index contributed by atoms with van der Waals surface area (Å²) >= 11 is 0. The van der Waals surface area contributed by atoms with Crippen LogP contribution in [-0.4, -0.2) is 42.2 Å². The van der Waals surface area contributed by atoms with E-state index in [-0.39, 0.29) is 0 Å². The molecule has 0 aromatic rings. The number of carbonyl (C=O) groups excluding carboxylic acids is 1. The van der Waals surface area contributed by atoms with Crippen LogP contribution in [0.3, 0.4) is 0 Å². The molecule has 0 saturated heterocycles. The van der Waals surface area contributed by atoms with Gasteiger partial charge in [0.1, 0.15) is 0 Å². The Kier molecular flexibility index (Phi) is 8.09. The Balaban J connectivity index is 3.46. The van der Waals surface area contributed by atoms with Crippen molar-refractivity contribution >= 4 is 14.8 Å². The van der Waals surface area contributed by atoms with E-state index in [0.29, 0.717) is 13.2 Å². The van der Waals surface area contributed by atoms with Crippen molar-refractivity contribution in [2.75, 3.05) is 27.4 Å². The van der Waals surface area contributed by atoms with Gasteiger partial charge in [0, 0.05) is 33.4 Å². The Hall–Kier alpha value is -0.693. The van der Waals surface area contributed by atoms with Gasteiger partial charge in [0.15, 0.2) is 0 Å². The zero-order valence-electron chi connectivity index (χ0n) is 10.2. The highest BCUT2D eigenvalue weighted by Gasteiger charge is 2.31. The molecular weight excluding hydrogens is 228 g/mol. The summed E-state index contributed by atoms with van der Waals surface area (Å²) in [5.41, 5.74) is 0. The smallest absolute Gasteiger partial charge is 0.463 e. The molecule has 16 heavy (non-hydrogen) atoms. The summed E-state index contributed by atoms with van der Waals surface area (Å²) < 4.78 is 20.6. The molecule has 0 unspecified atom stereocenters. The molecule has 0 saturated carbocycles. The topological polar surface area (TPSA) is 54.0 Å². The third kappa shape index (κ3) is 6.73. The molecule has 0 amide bonds. The average Bonchev–Trinajstić information content (AvgIpc) is 2.32. The highest BCUT2D eigenvalue weighted by atomic mass is 28.4. The second-order valence-electron chi connectivity index (χ2n) is 3.20. The Morgan fingerprint density at radius 1 is 1.25 bits per heavy atom. The maximum absolute atomic E-state index is 10.7. The zero-order valence-corrected chi connectivity index (χ0v) is 11.2. The van der Waals surface area contributed by atoms with Gasteiger partial charge in [-0.15, -0.1) is 0 Å². The van der Waals surface area contributed by atoms with E-state index in [1.54, 1.807) is 14.2 Å². The van der Waals surface area contributed by atoms with Gasteiger partial charge < -0.3 is 18.0 Å². The molecule has 0 aromatic heterocycles. The molecule has 0 rings (SSSR count). The molecule has 0 fully saturated rings. The second-order valence-corrected chi connectivity index (χ2v) is 6.03. The first-order valence-corrected chi connectivity index (χ1v) is 7.34. The molecule has 0 bridgehead atoms. The first-order chi connectivity index (χ1) is 7.58. The van der Waals surface area contributed by atoms with Crippen LogP contribution in [-0.2, 0) is 22.8 Å². The summed E-state index contributed by atoms with van der Waals surface area (Å²) in [6.45, 7) is 6.05. The van der Waals surface area contributed by atoms with Crippen molar-refractivity contribution in [3.8, 4) is 0 Å². The fourth-order valence-electron chi connectivity index (χ4n) is 0.895. The van der Waals surface area contributed by atoms with Gasteiger partial charge in [0.2, 0.25) is 0 Å². The molecule has 0 radical (unpaired) electrons. The van der Waals surface area contributed by atoms with Gasteiger partial charge in [-0.25, -0.2) is 4.79 Å². The Morgan fingerprint density at radius 2 is 1.81 bits per heavy atom. The molecule has 0 aliphatic heterocycles. The maximum atomic E-state index is 10.7. The lowest BCUT2D eigenvalue weighted by molar-refractivity contribution is -0.137. The van der Waals surface area contributed by atoms with Crippen molar-refractivity contribution in [3.63, 3.8) is 0 Å². The monoisotopic (exact) mass is 248 g/mol. The molecule has 0 aliphatic carbocycles. The van der Waals surface area contributed by atoms with Crippen LogP contribution in [0.4, 0.5) is 0 Å². The van der Waals surface area contributed by atoms with E-state index in [1.165, 1.54) is 0 Å². The van der Waals surface area contributed by atoms with E-state index in [0.717, 1.165) is 18.9 Å². The predicted octanol–water partition coefficient (Wildman–Crippen LogP) is 1.37. The van der Waals surface area contributed by atoms with Crippen LogP contribution in [0.5, 0.6) is 0 Å². The molecule has 0 spiro atoms. The van der Waals surface area contributed by atoms with Crippen LogP contribution in [0, 0.1) is 0 Å². The van der Waals surface area contributed by atoms with Gasteiger partial charge >= 0.3 is 14.8 Å². The van der Waals surface area contributed by atoms with E-state index >= 15 is 0 Å². The van der Waals surface area contributed by atoms with Crippen molar-refractivity contribution in [1.82, 2.24) is 0 Å². The molecule has 0 N–H and O–H groups in total. The van der Waals surface area contributed by atoms with Crippen molar-refractivity contribution < 1.29 is 22.8 Å². The highest BCUT2D eigenvalue weighted by molar-refractivity contribution is 6.59. The van der Waals surface area contributed by atoms with Gasteiger partial charge in [0.25, 0.3) is 0 Å². The van der Waals surface area contributed by atoms with E-state index in [4.69, 9.17) is 18.0 Å². The number of ether oxygens (including phenoxy) is 1. The number of hydrogen-bond donors (Lipinski definition) is 0. The van der Waals surface area contributed by atoms with Gasteiger partial charge in [-0.1, -0.05) is 6.58 Å². The maximum Gasteiger partial charge on any atom is 0.497 e. The normalized spacial score (nSPS) is 11.2. The van der Waals surface area contributed by atoms with E-state index < -0.39 is 14.8 Å². The van der Waals surface area contributed by atoms with E-state index in [1.807, 2.05) is 6.55 Å². The van der Waals surface area contributed by atoms with Crippen molar-refractivity contribution in [2.45, 2.75) is 19.4 Å². The summed E-state index contributed by atoms with van der Waals surface area (Å²) in [4.78, 5) is 10.7. The van der Waals surface area contributed by atoms with Crippen LogP contribution in [0.15, 0.2) is 12.7 Å². The van der Waals surface area contributed by atoms with Gasteiger partial charge in [-0.3, -0.25) is 0 Å². The van der Waals surface area contributed by atoms with E-state index in [2.05, 4.69) is 6.58 Å². The van der Waals surface area contributed by atoms with Crippen LogP contribution < -0.4 is 0 Å². The third-order valence-electron chi connectivity index (χ3n) is 2.06. The first kappa shape index (κ1) is 15.3. The number of hydrogen-bond acceptors (Lipinski definition) is 5. The summed E-state index contributed by atoms with van der Waals surface area (Å²) in [7, 11) is 0.732. The van der Waals surface area contributed by atoms with Crippen LogP contribution in [0.2, 0.25) is 6.55 Å². The number of carbonyl (C=O) groups is 1. The van der Waals surface area contributed by atoms with Crippen LogP contribution >= 0.6 is 0 Å². The SMILES string of the molecule is C=CC(=O)OCCCCO[Si](C)(OC)OC. The fourth-order valence-corrected chi connectivity index (χ4v) is 1.81. The Labute approximate surface area is 97.7 Å². The number of esters is 1.